The molecule has 6 atom stereocenters. The molecule has 4 aromatic carbocycles. The molecule has 9 nitrogen and oxygen atoms in total. The quantitative estimate of drug-likeness (QED) is 0.149. The van der Waals surface area contributed by atoms with E-state index in [9.17, 15) is 19.5 Å². The van der Waals surface area contributed by atoms with Gasteiger partial charge < -0.3 is 9.84 Å². The number of phenols is 1. The summed E-state index contributed by atoms with van der Waals surface area (Å²) in [6.07, 6.45) is 2.37. The topological polar surface area (TPSA) is 116 Å². The molecule has 0 aromatic heterocycles. The van der Waals surface area contributed by atoms with E-state index in [1.54, 1.807) is 63.4 Å². The number of ether oxygens (including phenoxy) is 1. The van der Waals surface area contributed by atoms with Gasteiger partial charge in [-0.2, -0.15) is 5.01 Å². The monoisotopic (exact) mass is 783 g/mol. The normalized spacial score (nSPS) is 26.1. The van der Waals surface area contributed by atoms with Crippen LogP contribution in [0.25, 0.3) is 0 Å². The molecule has 2 aliphatic carbocycles. The number of methoxy groups -OCH3 is 1. The predicted octanol–water partition coefficient (Wildman–Crippen LogP) is 8.48. The highest BCUT2D eigenvalue weighted by Gasteiger charge is 2.70. The number of benzene rings is 4. The second kappa shape index (κ2) is 13.2. The van der Waals surface area contributed by atoms with Gasteiger partial charge in [0.2, 0.25) is 11.8 Å². The Balaban J connectivity index is 1.34. The van der Waals surface area contributed by atoms with Crippen molar-refractivity contribution >= 4 is 69.8 Å². The Bertz CT molecular complexity index is 2300. The largest absolute Gasteiger partial charge is 0.507 e. The molecule has 12 heteroatoms. The first-order valence-corrected chi connectivity index (χ1v) is 18.8. The highest BCUT2D eigenvalue weighted by molar-refractivity contribution is 6.36. The number of amides is 4. The molecule has 8 rings (SSSR count). The molecule has 3 fully saturated rings. The first-order valence-electron chi connectivity index (χ1n) is 17.7. The van der Waals surface area contributed by atoms with Crippen LogP contribution < -0.4 is 15.1 Å². The summed E-state index contributed by atoms with van der Waals surface area (Å²) < 4.78 is 5.49. The van der Waals surface area contributed by atoms with Crippen molar-refractivity contribution in [2.75, 3.05) is 17.4 Å². The molecule has 2 saturated heterocycles. The number of anilines is 2. The van der Waals surface area contributed by atoms with E-state index in [2.05, 4.69) is 5.43 Å². The number of halogens is 3. The Morgan fingerprint density at radius 3 is 2.15 bits per heavy atom. The number of nitrogens with zero attached hydrogens (tertiary/aromatic N) is 2. The van der Waals surface area contributed by atoms with Gasteiger partial charge in [-0.25, -0.2) is 4.90 Å². The van der Waals surface area contributed by atoms with Crippen molar-refractivity contribution in [3.63, 3.8) is 0 Å². The van der Waals surface area contributed by atoms with E-state index in [1.165, 1.54) is 11.0 Å². The van der Waals surface area contributed by atoms with Gasteiger partial charge in [0.05, 0.1) is 46.7 Å². The molecule has 0 radical (unpaired) electrons. The van der Waals surface area contributed by atoms with Crippen LogP contribution in [0.3, 0.4) is 0 Å². The molecule has 2 aliphatic heterocycles. The summed E-state index contributed by atoms with van der Waals surface area (Å²) in [5.41, 5.74) is 6.27. The zero-order valence-electron chi connectivity index (χ0n) is 29.8. The number of aryl methyl sites for hydroxylation is 3. The fraction of sp³-hybridized carbons (Fsp3) is 0.286. The van der Waals surface area contributed by atoms with Crippen LogP contribution in [0.15, 0.2) is 84.4 Å². The number of rotatable bonds is 6. The highest BCUT2D eigenvalue weighted by Crippen LogP contribution is 2.64. The lowest BCUT2D eigenvalue weighted by Crippen LogP contribution is -2.53. The molecule has 2 N–H and O–H groups in total. The lowest BCUT2D eigenvalue weighted by Gasteiger charge is -2.50. The lowest BCUT2D eigenvalue weighted by atomic mass is 9.49. The first-order chi connectivity index (χ1) is 25.8. The van der Waals surface area contributed by atoms with Gasteiger partial charge in [-0.05, 0) is 110 Å². The van der Waals surface area contributed by atoms with Gasteiger partial charge in [0, 0.05) is 16.0 Å². The summed E-state index contributed by atoms with van der Waals surface area (Å²) in [5.74, 6) is -4.79. The van der Waals surface area contributed by atoms with E-state index in [0.29, 0.717) is 49.4 Å². The van der Waals surface area contributed by atoms with Crippen molar-refractivity contribution in [3.8, 4) is 11.5 Å². The SMILES string of the molecule is COc1ccc(C23C(=O)N(Nc4ccc(Cl)cc4Cl)C(=O)C2CC2C(=CCC4C(=O)N(c5ccc(C)c(Cl)c5)C(=O)C42)C3c2cc(C)c(O)c(C)c2)cc1. The molecule has 276 valence electrons. The number of hydrogen-bond donors (Lipinski definition) is 2. The van der Waals surface area contributed by atoms with Crippen molar-refractivity contribution in [1.29, 1.82) is 0 Å². The van der Waals surface area contributed by atoms with Crippen LogP contribution in [0.4, 0.5) is 11.4 Å². The third kappa shape index (κ3) is 5.27. The molecular formula is C42H36Cl3N3O6. The Hall–Kier alpha value is -4.83. The van der Waals surface area contributed by atoms with E-state index in [4.69, 9.17) is 39.5 Å². The second-order valence-corrected chi connectivity index (χ2v) is 15.9. The molecule has 4 amide bonds. The Morgan fingerprint density at radius 2 is 1.50 bits per heavy atom. The van der Waals surface area contributed by atoms with Gasteiger partial charge in [-0.3, -0.25) is 24.6 Å². The number of carbonyl (C=O) groups is 4. The zero-order chi connectivity index (χ0) is 38.4. The van der Waals surface area contributed by atoms with Crippen molar-refractivity contribution in [1.82, 2.24) is 5.01 Å². The third-order valence-corrected chi connectivity index (χ3v) is 12.8. The van der Waals surface area contributed by atoms with Gasteiger partial charge >= 0.3 is 0 Å². The van der Waals surface area contributed by atoms with Gasteiger partial charge in [-0.15, -0.1) is 0 Å². The molecule has 2 heterocycles. The smallest absolute Gasteiger partial charge is 0.260 e. The molecule has 54 heavy (non-hydrogen) atoms. The predicted molar refractivity (Wildman–Crippen MR) is 207 cm³/mol. The van der Waals surface area contributed by atoms with E-state index in [0.717, 1.165) is 16.1 Å². The maximum atomic E-state index is 15.5. The average molecular weight is 785 g/mol. The van der Waals surface area contributed by atoms with Crippen LogP contribution >= 0.6 is 34.8 Å². The van der Waals surface area contributed by atoms with Crippen molar-refractivity contribution in [2.45, 2.75) is 44.9 Å². The number of imide groups is 2. The second-order valence-electron chi connectivity index (χ2n) is 14.7. The molecule has 0 bridgehead atoms. The standard InChI is InChI=1S/C42H36Cl3N3O6/c1-20-5-9-26(18-32(20)44)47-38(50)29-13-12-28-30(35(29)40(47)52)19-31-39(51)48(46-34-14-8-25(43)17-33(34)45)41(53)42(31,24-6-10-27(54-4)11-7-24)36(28)23-15-21(2)37(49)22(3)16-23/h5-12,14-18,29-31,35-36,46,49H,13,19H2,1-4H3. The molecule has 1 saturated carbocycles. The minimum absolute atomic E-state index is 0.115. The van der Waals surface area contributed by atoms with Crippen LogP contribution in [0.2, 0.25) is 15.1 Å². The Morgan fingerprint density at radius 1 is 0.796 bits per heavy atom. The summed E-state index contributed by atoms with van der Waals surface area (Å²) in [6.45, 7) is 5.42. The van der Waals surface area contributed by atoms with E-state index < -0.39 is 46.8 Å². The van der Waals surface area contributed by atoms with Gasteiger partial charge in [-0.1, -0.05) is 76.8 Å². The summed E-state index contributed by atoms with van der Waals surface area (Å²) in [6, 6.07) is 20.7. The zero-order valence-corrected chi connectivity index (χ0v) is 32.1. The Kier molecular flexibility index (Phi) is 8.83. The number of hydrazine groups is 1. The summed E-state index contributed by atoms with van der Waals surface area (Å²) in [7, 11) is 1.55. The highest BCUT2D eigenvalue weighted by atomic mass is 35.5. The minimum Gasteiger partial charge on any atom is -0.507 e. The summed E-state index contributed by atoms with van der Waals surface area (Å²) in [4.78, 5) is 60.4. The van der Waals surface area contributed by atoms with Gasteiger partial charge in [0.15, 0.2) is 0 Å². The van der Waals surface area contributed by atoms with Crippen LogP contribution in [0, 0.1) is 44.4 Å². The number of nitrogens with one attached hydrogen (secondary N) is 1. The number of hydrogen-bond acceptors (Lipinski definition) is 7. The van der Waals surface area contributed by atoms with E-state index >= 15 is 4.79 Å². The lowest BCUT2D eigenvalue weighted by molar-refractivity contribution is -0.138. The number of allylic oxidation sites excluding steroid dienone is 2. The molecule has 4 aromatic rings. The van der Waals surface area contributed by atoms with E-state index in [-0.39, 0.29) is 35.4 Å². The van der Waals surface area contributed by atoms with Gasteiger partial charge in [0.25, 0.3) is 11.8 Å². The maximum absolute atomic E-state index is 15.5. The first kappa shape index (κ1) is 36.2. The third-order valence-electron chi connectivity index (χ3n) is 11.8. The fourth-order valence-corrected chi connectivity index (χ4v) is 9.98. The van der Waals surface area contributed by atoms with E-state index in [1.807, 2.05) is 37.3 Å². The van der Waals surface area contributed by atoms with Gasteiger partial charge in [0.1, 0.15) is 11.5 Å². The van der Waals surface area contributed by atoms with Crippen LogP contribution in [-0.4, -0.2) is 40.9 Å². The number of aromatic hydroxyl groups is 1. The molecule has 4 aliphatic rings. The Labute approximate surface area is 327 Å². The molecule has 0 spiro atoms. The number of phenolic OH excluding ortho intramolecular Hbond substituents is 1. The number of carbonyl (C=O) groups excluding carboxylic acids is 4. The summed E-state index contributed by atoms with van der Waals surface area (Å²) >= 11 is 19.2. The average Bonchev–Trinajstić information content (AvgIpc) is 3.53. The van der Waals surface area contributed by atoms with Crippen molar-refractivity contribution in [3.05, 3.63) is 127 Å². The van der Waals surface area contributed by atoms with Crippen LogP contribution in [0.1, 0.15) is 46.6 Å². The number of fused-ring (bicyclic) bond motifs is 4. The van der Waals surface area contributed by atoms with Crippen molar-refractivity contribution in [2.24, 2.45) is 23.7 Å². The molecular weight excluding hydrogens is 749 g/mol. The summed E-state index contributed by atoms with van der Waals surface area (Å²) in [5, 5.41) is 13.0. The minimum atomic E-state index is -1.52. The maximum Gasteiger partial charge on any atom is 0.260 e. The van der Waals surface area contributed by atoms with Crippen molar-refractivity contribution < 1.29 is 29.0 Å². The van der Waals surface area contributed by atoms with Crippen LogP contribution in [0.5, 0.6) is 11.5 Å². The molecule has 6 unspecified atom stereocenters. The fourth-order valence-electron chi connectivity index (χ4n) is 9.35. The van der Waals surface area contributed by atoms with Crippen LogP contribution in [-0.2, 0) is 24.6 Å².